The van der Waals surface area contributed by atoms with E-state index in [1.54, 1.807) is 6.08 Å². The molecule has 5 atom stereocenters. The average molecular weight is 358 g/mol. The first-order valence-corrected chi connectivity index (χ1v) is 9.60. The number of carbonyl (C=O) groups excluding carboxylic acids is 4. The van der Waals surface area contributed by atoms with Gasteiger partial charge in [-0.1, -0.05) is 13.8 Å². The quantitative estimate of drug-likeness (QED) is 0.532. The zero-order valence-corrected chi connectivity index (χ0v) is 15.7. The Morgan fingerprint density at radius 2 is 1.88 bits per heavy atom. The normalized spacial score (nSPS) is 44.7. The number of carbonyl (C=O) groups is 4. The van der Waals surface area contributed by atoms with Crippen LogP contribution in [0.15, 0.2) is 11.6 Å². The van der Waals surface area contributed by atoms with E-state index in [1.165, 1.54) is 7.11 Å². The number of rotatable bonds is 1. The monoisotopic (exact) mass is 358 g/mol. The van der Waals surface area contributed by atoms with Crippen LogP contribution < -0.4 is 0 Å². The Balaban J connectivity index is 1.95. The predicted octanol–water partition coefficient (Wildman–Crippen LogP) is 2.81. The molecule has 4 aliphatic rings. The Morgan fingerprint density at radius 1 is 1.15 bits per heavy atom. The smallest absolute Gasteiger partial charge is 0.323 e. The SMILES string of the molecule is COC(=O)[C@@]12C(=O)CCCC1=CC(=O)[C@]1(C)[C@@H]3CC(=O)C[C@]3(C)CC[C@H]21. The number of hydrogen-bond donors (Lipinski definition) is 0. The maximum absolute atomic E-state index is 13.3. The number of methoxy groups -OCH3 is 1. The van der Waals surface area contributed by atoms with Crippen molar-refractivity contribution < 1.29 is 23.9 Å². The molecule has 5 nitrogen and oxygen atoms in total. The molecule has 3 saturated carbocycles. The van der Waals surface area contributed by atoms with Gasteiger partial charge in [-0.2, -0.15) is 0 Å². The molecule has 26 heavy (non-hydrogen) atoms. The summed E-state index contributed by atoms with van der Waals surface area (Å²) in [7, 11) is 1.32. The summed E-state index contributed by atoms with van der Waals surface area (Å²) in [6, 6.07) is 0. The van der Waals surface area contributed by atoms with E-state index in [0.29, 0.717) is 44.1 Å². The van der Waals surface area contributed by atoms with Gasteiger partial charge in [-0.3, -0.25) is 19.2 Å². The van der Waals surface area contributed by atoms with Gasteiger partial charge >= 0.3 is 5.97 Å². The third-order valence-corrected chi connectivity index (χ3v) is 7.99. The lowest BCUT2D eigenvalue weighted by Gasteiger charge is -2.59. The third-order valence-electron chi connectivity index (χ3n) is 7.99. The molecule has 0 saturated heterocycles. The molecule has 0 spiro atoms. The number of Topliss-reactive ketones (excluding diaryl/α,β-unsaturated/α-hetero) is 2. The Morgan fingerprint density at radius 3 is 2.58 bits per heavy atom. The molecule has 0 aromatic heterocycles. The molecule has 0 N–H and O–H groups in total. The maximum atomic E-state index is 13.3. The highest BCUT2D eigenvalue weighted by Crippen LogP contribution is 2.68. The van der Waals surface area contributed by atoms with Crippen molar-refractivity contribution in [1.29, 1.82) is 0 Å². The fraction of sp³-hybridized carbons (Fsp3) is 0.714. The number of esters is 1. The minimum absolute atomic E-state index is 0.0163. The van der Waals surface area contributed by atoms with Crippen LogP contribution in [0.25, 0.3) is 0 Å². The van der Waals surface area contributed by atoms with Gasteiger partial charge in [-0.15, -0.1) is 0 Å². The van der Waals surface area contributed by atoms with Gasteiger partial charge in [0.25, 0.3) is 0 Å². The molecule has 0 aromatic carbocycles. The average Bonchev–Trinajstić information content (AvgIpc) is 2.91. The minimum Gasteiger partial charge on any atom is -0.468 e. The number of hydrogen-bond acceptors (Lipinski definition) is 5. The van der Waals surface area contributed by atoms with Gasteiger partial charge in [0.05, 0.1) is 7.11 Å². The third kappa shape index (κ3) is 1.87. The van der Waals surface area contributed by atoms with Crippen molar-refractivity contribution in [1.82, 2.24) is 0 Å². The van der Waals surface area contributed by atoms with Crippen LogP contribution >= 0.6 is 0 Å². The number of ketones is 3. The van der Waals surface area contributed by atoms with Gasteiger partial charge in [0.1, 0.15) is 5.78 Å². The lowest BCUT2D eigenvalue weighted by Crippen LogP contribution is -2.64. The van der Waals surface area contributed by atoms with E-state index in [0.717, 1.165) is 6.42 Å². The van der Waals surface area contributed by atoms with E-state index in [2.05, 4.69) is 6.92 Å². The lowest BCUT2D eigenvalue weighted by molar-refractivity contribution is -0.175. The molecule has 140 valence electrons. The molecule has 0 heterocycles. The topological polar surface area (TPSA) is 77.5 Å². The van der Waals surface area contributed by atoms with E-state index < -0.39 is 22.7 Å². The van der Waals surface area contributed by atoms with Crippen molar-refractivity contribution >= 4 is 23.3 Å². The zero-order valence-electron chi connectivity index (χ0n) is 15.7. The fourth-order valence-corrected chi connectivity index (χ4v) is 6.82. The Labute approximate surface area is 153 Å². The fourth-order valence-electron chi connectivity index (χ4n) is 6.82. The van der Waals surface area contributed by atoms with Crippen molar-refractivity contribution in [3.05, 3.63) is 11.6 Å². The first kappa shape index (κ1) is 17.6. The Kier molecular flexibility index (Phi) is 3.64. The van der Waals surface area contributed by atoms with E-state index in [4.69, 9.17) is 4.74 Å². The molecule has 3 fully saturated rings. The predicted molar refractivity (Wildman–Crippen MR) is 93.1 cm³/mol. The minimum atomic E-state index is -1.33. The molecular formula is C21H26O5. The van der Waals surface area contributed by atoms with Crippen molar-refractivity contribution in [2.75, 3.05) is 7.11 Å². The van der Waals surface area contributed by atoms with E-state index in [1.807, 2.05) is 6.92 Å². The first-order valence-electron chi connectivity index (χ1n) is 9.60. The van der Waals surface area contributed by atoms with Gasteiger partial charge in [0.2, 0.25) is 0 Å². The second kappa shape index (κ2) is 5.37. The summed E-state index contributed by atoms with van der Waals surface area (Å²) in [5, 5.41) is 0. The molecule has 0 aliphatic heterocycles. The summed E-state index contributed by atoms with van der Waals surface area (Å²) in [6.45, 7) is 3.98. The maximum Gasteiger partial charge on any atom is 0.323 e. The first-order chi connectivity index (χ1) is 12.2. The van der Waals surface area contributed by atoms with Crippen LogP contribution in [-0.2, 0) is 23.9 Å². The molecule has 0 radical (unpaired) electrons. The highest BCUT2D eigenvalue weighted by molar-refractivity contribution is 6.13. The largest absolute Gasteiger partial charge is 0.468 e. The standard InChI is InChI=1S/C21H26O5/c1-19-8-7-14-20(2,15(19)10-13(22)11-19)17(24)9-12-5-4-6-16(23)21(12,14)18(25)26-3/h9,14-15H,4-8,10-11H2,1-3H3/t14-,15+,19-,20-,21-/m0/s1. The molecule has 5 heteroatoms. The van der Waals surface area contributed by atoms with Crippen molar-refractivity contribution in [3.63, 3.8) is 0 Å². The number of allylic oxidation sites excluding steroid dienone is 1. The lowest BCUT2D eigenvalue weighted by atomic mass is 9.41. The highest BCUT2D eigenvalue weighted by Gasteiger charge is 2.71. The van der Waals surface area contributed by atoms with E-state index >= 15 is 0 Å². The summed E-state index contributed by atoms with van der Waals surface area (Å²) in [4.78, 5) is 51.8. The molecular weight excluding hydrogens is 332 g/mol. The summed E-state index contributed by atoms with van der Waals surface area (Å²) in [6.07, 6.45) is 5.36. The van der Waals surface area contributed by atoms with Crippen molar-refractivity contribution in [2.45, 2.75) is 58.8 Å². The van der Waals surface area contributed by atoms with Gasteiger partial charge in [-0.05, 0) is 54.6 Å². The molecule has 0 amide bonds. The van der Waals surface area contributed by atoms with Gasteiger partial charge in [-0.25, -0.2) is 0 Å². The molecule has 4 aliphatic carbocycles. The van der Waals surface area contributed by atoms with Crippen LogP contribution in [0.5, 0.6) is 0 Å². The van der Waals surface area contributed by atoms with Crippen LogP contribution in [-0.4, -0.2) is 30.4 Å². The summed E-state index contributed by atoms with van der Waals surface area (Å²) < 4.78 is 5.13. The van der Waals surface area contributed by atoms with Gasteiger partial charge < -0.3 is 4.74 Å². The number of fused-ring (bicyclic) bond motifs is 5. The molecule has 0 aromatic rings. The second-order valence-electron chi connectivity index (χ2n) is 9.11. The number of ether oxygens (including phenoxy) is 1. The van der Waals surface area contributed by atoms with Crippen molar-refractivity contribution in [2.24, 2.45) is 28.1 Å². The second-order valence-corrected chi connectivity index (χ2v) is 9.11. The molecule has 0 unspecified atom stereocenters. The van der Waals surface area contributed by atoms with Crippen LogP contribution in [0.4, 0.5) is 0 Å². The van der Waals surface area contributed by atoms with Gasteiger partial charge in [0.15, 0.2) is 17.0 Å². The highest BCUT2D eigenvalue weighted by atomic mass is 16.5. The molecule has 0 bridgehead atoms. The van der Waals surface area contributed by atoms with Crippen LogP contribution in [0.2, 0.25) is 0 Å². The van der Waals surface area contributed by atoms with E-state index in [9.17, 15) is 19.2 Å². The Hall–Kier alpha value is -1.78. The van der Waals surface area contributed by atoms with Crippen molar-refractivity contribution in [3.8, 4) is 0 Å². The van der Waals surface area contributed by atoms with Crippen LogP contribution in [0.3, 0.4) is 0 Å². The zero-order chi connectivity index (χ0) is 18.9. The Bertz CT molecular complexity index is 754. The van der Waals surface area contributed by atoms with Gasteiger partial charge in [0, 0.05) is 24.7 Å². The summed E-state index contributed by atoms with van der Waals surface area (Å²) in [5.41, 5.74) is -1.79. The van der Waals surface area contributed by atoms with Crippen LogP contribution in [0.1, 0.15) is 58.8 Å². The van der Waals surface area contributed by atoms with Crippen LogP contribution in [0, 0.1) is 28.1 Å². The summed E-state index contributed by atoms with van der Waals surface area (Å²) in [5.74, 6) is -1.00. The summed E-state index contributed by atoms with van der Waals surface area (Å²) >= 11 is 0. The molecule has 4 rings (SSSR count). The van der Waals surface area contributed by atoms with E-state index in [-0.39, 0.29) is 28.7 Å².